The van der Waals surface area contributed by atoms with Crippen molar-refractivity contribution in [3.63, 3.8) is 0 Å². The Kier molecular flexibility index (Phi) is 2.88. The molecule has 0 atom stereocenters. The molecule has 0 fully saturated rings. The van der Waals surface area contributed by atoms with Gasteiger partial charge in [-0.1, -0.05) is 41.4 Å². The van der Waals surface area contributed by atoms with Gasteiger partial charge in [0.15, 0.2) is 5.78 Å². The minimum atomic E-state index is -0.0111. The molecule has 2 nitrogen and oxygen atoms in total. The molecule has 0 saturated heterocycles. The lowest BCUT2D eigenvalue weighted by atomic mass is 10.0. The predicted molar refractivity (Wildman–Crippen MR) is 77.9 cm³/mol. The number of aryl methyl sites for hydroxylation is 1. The highest BCUT2D eigenvalue weighted by molar-refractivity contribution is 6.37. The Labute approximate surface area is 116 Å². The molecule has 94 valence electrons. The first kappa shape index (κ1) is 12.0. The van der Waals surface area contributed by atoms with Crippen molar-refractivity contribution in [3.05, 3.63) is 70.4 Å². The fourth-order valence-corrected chi connectivity index (χ4v) is 2.54. The van der Waals surface area contributed by atoms with E-state index in [4.69, 9.17) is 11.6 Å². The Balaban J connectivity index is 2.17. The van der Waals surface area contributed by atoms with Crippen LogP contribution in [0, 0.1) is 6.92 Å². The summed E-state index contributed by atoms with van der Waals surface area (Å²) in [4.78, 5) is 15.6. The summed E-state index contributed by atoms with van der Waals surface area (Å²) in [5.41, 5.74) is 3.24. The molecule has 0 aliphatic carbocycles. The number of benzene rings is 2. The number of ketones is 1. The second-order valence-electron chi connectivity index (χ2n) is 4.56. The molecule has 2 aromatic carbocycles. The Morgan fingerprint density at radius 1 is 1.16 bits per heavy atom. The van der Waals surface area contributed by atoms with Gasteiger partial charge in [0.05, 0.1) is 5.02 Å². The van der Waals surface area contributed by atoms with Crippen LogP contribution in [0.3, 0.4) is 0 Å². The highest BCUT2D eigenvalue weighted by atomic mass is 35.5. The van der Waals surface area contributed by atoms with Gasteiger partial charge in [0, 0.05) is 28.2 Å². The van der Waals surface area contributed by atoms with Crippen molar-refractivity contribution in [1.82, 2.24) is 4.98 Å². The lowest BCUT2D eigenvalue weighted by molar-refractivity contribution is 0.104. The summed E-state index contributed by atoms with van der Waals surface area (Å²) in [6.07, 6.45) is 1.72. The largest absolute Gasteiger partial charge is 0.360 e. The van der Waals surface area contributed by atoms with Gasteiger partial charge in [-0.15, -0.1) is 0 Å². The molecule has 0 aliphatic heterocycles. The molecular weight excluding hydrogens is 258 g/mol. The van der Waals surface area contributed by atoms with Crippen LogP contribution in [0.25, 0.3) is 10.9 Å². The van der Waals surface area contributed by atoms with E-state index in [1.807, 2.05) is 43.3 Å². The fraction of sp³-hybridized carbons (Fsp3) is 0.0625. The molecule has 1 heterocycles. The van der Waals surface area contributed by atoms with E-state index in [9.17, 15) is 4.79 Å². The Morgan fingerprint density at radius 3 is 2.74 bits per heavy atom. The number of H-pyrrole nitrogens is 1. The highest BCUT2D eigenvalue weighted by Crippen LogP contribution is 2.28. The molecule has 0 spiro atoms. The molecule has 0 saturated carbocycles. The number of halogens is 1. The van der Waals surface area contributed by atoms with Crippen LogP contribution in [-0.2, 0) is 0 Å². The van der Waals surface area contributed by atoms with Crippen LogP contribution in [0.1, 0.15) is 21.5 Å². The highest BCUT2D eigenvalue weighted by Gasteiger charge is 2.16. The number of nitrogens with one attached hydrogen (secondary N) is 1. The van der Waals surface area contributed by atoms with E-state index in [1.165, 1.54) is 0 Å². The van der Waals surface area contributed by atoms with E-state index in [0.29, 0.717) is 16.1 Å². The number of fused-ring (bicyclic) bond motifs is 1. The van der Waals surface area contributed by atoms with Crippen LogP contribution in [0.5, 0.6) is 0 Å². The van der Waals surface area contributed by atoms with E-state index >= 15 is 0 Å². The van der Waals surface area contributed by atoms with Crippen LogP contribution < -0.4 is 0 Å². The van der Waals surface area contributed by atoms with Gasteiger partial charge >= 0.3 is 0 Å². The Morgan fingerprint density at radius 2 is 1.95 bits per heavy atom. The third kappa shape index (κ3) is 2.04. The first-order chi connectivity index (χ1) is 9.16. The molecule has 0 unspecified atom stereocenters. The summed E-state index contributed by atoms with van der Waals surface area (Å²) in [5, 5.41) is 1.38. The first-order valence-corrected chi connectivity index (χ1v) is 6.41. The number of aromatic nitrogens is 1. The summed E-state index contributed by atoms with van der Waals surface area (Å²) in [6.45, 7) is 1.97. The van der Waals surface area contributed by atoms with Crippen molar-refractivity contribution in [2.24, 2.45) is 0 Å². The molecule has 19 heavy (non-hydrogen) atoms. The van der Waals surface area contributed by atoms with Gasteiger partial charge in [-0.3, -0.25) is 4.79 Å². The average Bonchev–Trinajstić information content (AvgIpc) is 2.83. The van der Waals surface area contributed by atoms with Crippen molar-refractivity contribution in [3.8, 4) is 0 Å². The number of hydrogen-bond acceptors (Lipinski definition) is 1. The zero-order valence-corrected chi connectivity index (χ0v) is 11.2. The second kappa shape index (κ2) is 4.56. The molecule has 0 amide bonds. The number of rotatable bonds is 2. The number of hydrogen-bond donors (Lipinski definition) is 1. The predicted octanol–water partition coefficient (Wildman–Crippen LogP) is 4.36. The lowest BCUT2D eigenvalue weighted by Crippen LogP contribution is -2.00. The maximum atomic E-state index is 12.5. The molecule has 1 N–H and O–H groups in total. The van der Waals surface area contributed by atoms with E-state index in [1.54, 1.807) is 12.3 Å². The van der Waals surface area contributed by atoms with Crippen LogP contribution in [0.4, 0.5) is 0 Å². The van der Waals surface area contributed by atoms with Crippen LogP contribution in [0.15, 0.2) is 48.7 Å². The minimum Gasteiger partial charge on any atom is -0.360 e. The molecule has 0 radical (unpaired) electrons. The summed E-state index contributed by atoms with van der Waals surface area (Å²) < 4.78 is 0. The number of carbonyl (C=O) groups excluding carboxylic acids is 1. The third-order valence-corrected chi connectivity index (χ3v) is 3.49. The molecule has 3 rings (SSSR count). The van der Waals surface area contributed by atoms with Gasteiger partial charge in [-0.25, -0.2) is 0 Å². The normalized spacial score (nSPS) is 10.8. The molecule has 3 aromatic rings. The summed E-state index contributed by atoms with van der Waals surface area (Å²) in [6, 6.07) is 13.1. The van der Waals surface area contributed by atoms with E-state index in [-0.39, 0.29) is 5.78 Å². The zero-order valence-electron chi connectivity index (χ0n) is 10.4. The van der Waals surface area contributed by atoms with E-state index in [2.05, 4.69) is 4.98 Å². The van der Waals surface area contributed by atoms with Gasteiger partial charge in [0.25, 0.3) is 0 Å². The molecule has 3 heteroatoms. The third-order valence-electron chi connectivity index (χ3n) is 3.18. The SMILES string of the molecule is Cc1cccc(C(=O)c2c[nH]c3cccc(Cl)c23)c1. The first-order valence-electron chi connectivity index (χ1n) is 6.04. The van der Waals surface area contributed by atoms with E-state index < -0.39 is 0 Å². The molecule has 0 bridgehead atoms. The van der Waals surface area contributed by atoms with Crippen molar-refractivity contribution < 1.29 is 4.79 Å². The zero-order chi connectivity index (χ0) is 13.4. The molecule has 0 aliphatic rings. The summed E-state index contributed by atoms with van der Waals surface area (Å²) in [7, 11) is 0. The van der Waals surface area contributed by atoms with Crippen LogP contribution >= 0.6 is 11.6 Å². The average molecular weight is 270 g/mol. The maximum absolute atomic E-state index is 12.5. The minimum absolute atomic E-state index is 0.0111. The van der Waals surface area contributed by atoms with Crippen LogP contribution in [-0.4, -0.2) is 10.8 Å². The Hall–Kier alpha value is -2.06. The fourth-order valence-electron chi connectivity index (χ4n) is 2.26. The molecule has 1 aromatic heterocycles. The van der Waals surface area contributed by atoms with E-state index in [0.717, 1.165) is 16.5 Å². The lowest BCUT2D eigenvalue weighted by Gasteiger charge is -2.02. The van der Waals surface area contributed by atoms with Gasteiger partial charge in [0.2, 0.25) is 0 Å². The summed E-state index contributed by atoms with van der Waals surface area (Å²) in [5.74, 6) is -0.0111. The van der Waals surface area contributed by atoms with Gasteiger partial charge in [0.1, 0.15) is 0 Å². The molecular formula is C16H12ClNO. The smallest absolute Gasteiger partial charge is 0.195 e. The van der Waals surface area contributed by atoms with Gasteiger partial charge in [-0.05, 0) is 25.1 Å². The van der Waals surface area contributed by atoms with Crippen LogP contribution in [0.2, 0.25) is 5.02 Å². The van der Waals surface area contributed by atoms with Crippen molar-refractivity contribution in [1.29, 1.82) is 0 Å². The maximum Gasteiger partial charge on any atom is 0.195 e. The quantitative estimate of drug-likeness (QED) is 0.689. The standard InChI is InChI=1S/C16H12ClNO/c1-10-4-2-5-11(8-10)16(19)12-9-18-14-7-3-6-13(17)15(12)14/h2-9,18H,1H3. The monoisotopic (exact) mass is 269 g/mol. The van der Waals surface area contributed by atoms with Crippen molar-refractivity contribution in [2.75, 3.05) is 0 Å². The number of aromatic amines is 1. The summed E-state index contributed by atoms with van der Waals surface area (Å²) >= 11 is 6.19. The number of carbonyl (C=O) groups is 1. The van der Waals surface area contributed by atoms with Gasteiger partial charge < -0.3 is 4.98 Å². The van der Waals surface area contributed by atoms with Crippen molar-refractivity contribution >= 4 is 28.3 Å². The Bertz CT molecular complexity index is 773. The van der Waals surface area contributed by atoms with Gasteiger partial charge in [-0.2, -0.15) is 0 Å². The van der Waals surface area contributed by atoms with Crippen molar-refractivity contribution in [2.45, 2.75) is 6.92 Å². The second-order valence-corrected chi connectivity index (χ2v) is 4.97. The topological polar surface area (TPSA) is 32.9 Å².